The Morgan fingerprint density at radius 3 is 2.25 bits per heavy atom. The van der Waals surface area contributed by atoms with Gasteiger partial charge in [-0.1, -0.05) is 55.5 Å². The Morgan fingerprint density at radius 2 is 1.69 bits per heavy atom. The molecule has 0 radical (unpaired) electrons. The molecule has 2 N–H and O–H groups in total. The second-order valence-electron chi connectivity index (χ2n) is 9.86. The van der Waals surface area contributed by atoms with Crippen LogP contribution in [-0.4, -0.2) is 46.7 Å². The van der Waals surface area contributed by atoms with Crippen LogP contribution in [0.5, 0.6) is 0 Å². The molecule has 2 aromatic carbocycles. The van der Waals surface area contributed by atoms with Crippen molar-refractivity contribution in [3.8, 4) is 0 Å². The highest BCUT2D eigenvalue weighted by atomic mass is 32.1. The standard InChI is InChI=1S/C28H39N3O4S/c1-7-15-31(26(33)23(18-36)30-27(34)35-28(4,5)6)24(22-14-13-19(2)20(3)16-22)25(32)29-17-21-11-9-8-10-12-21/h8-14,16,23-24,36H,7,15,17-18H2,1-6H3,(H,29,32)(H,30,34). The largest absolute Gasteiger partial charge is 0.444 e. The van der Waals surface area contributed by atoms with Crippen molar-refractivity contribution in [2.24, 2.45) is 0 Å². The molecule has 0 aromatic heterocycles. The molecule has 36 heavy (non-hydrogen) atoms. The van der Waals surface area contributed by atoms with E-state index in [0.29, 0.717) is 25.1 Å². The average molecular weight is 514 g/mol. The van der Waals surface area contributed by atoms with Crippen LogP contribution >= 0.6 is 12.6 Å². The summed E-state index contributed by atoms with van der Waals surface area (Å²) in [6.45, 7) is 11.8. The second-order valence-corrected chi connectivity index (χ2v) is 10.2. The number of rotatable bonds is 10. The SMILES string of the molecule is CCCN(C(=O)C(CS)NC(=O)OC(C)(C)C)C(C(=O)NCc1ccccc1)c1ccc(C)c(C)c1. The number of ether oxygens (including phenoxy) is 1. The van der Waals surface area contributed by atoms with Crippen molar-refractivity contribution in [2.45, 2.75) is 72.2 Å². The predicted octanol–water partition coefficient (Wildman–Crippen LogP) is 4.72. The molecule has 0 fully saturated rings. The maximum absolute atomic E-state index is 13.7. The van der Waals surface area contributed by atoms with Gasteiger partial charge in [0.15, 0.2) is 0 Å². The summed E-state index contributed by atoms with van der Waals surface area (Å²) in [5.41, 5.74) is 3.07. The third kappa shape index (κ3) is 8.59. The zero-order valence-electron chi connectivity index (χ0n) is 22.1. The van der Waals surface area contributed by atoms with Gasteiger partial charge in [-0.15, -0.1) is 0 Å². The molecule has 196 valence electrons. The zero-order valence-corrected chi connectivity index (χ0v) is 23.0. The van der Waals surface area contributed by atoms with E-state index in [1.165, 1.54) is 4.90 Å². The number of carbonyl (C=O) groups is 3. The molecule has 2 unspecified atom stereocenters. The van der Waals surface area contributed by atoms with Crippen LogP contribution in [0.3, 0.4) is 0 Å². The quantitative estimate of drug-likeness (QED) is 0.401. The van der Waals surface area contributed by atoms with Crippen molar-refractivity contribution < 1.29 is 19.1 Å². The molecule has 0 bridgehead atoms. The molecule has 0 saturated heterocycles. The zero-order chi connectivity index (χ0) is 26.9. The minimum absolute atomic E-state index is 0.0591. The van der Waals surface area contributed by atoms with Gasteiger partial charge in [0.2, 0.25) is 11.8 Å². The normalized spacial score (nSPS) is 12.9. The summed E-state index contributed by atoms with van der Waals surface area (Å²) >= 11 is 4.31. The molecule has 2 aromatic rings. The van der Waals surface area contributed by atoms with Gasteiger partial charge in [-0.3, -0.25) is 9.59 Å². The second kappa shape index (κ2) is 13.3. The van der Waals surface area contributed by atoms with Gasteiger partial charge in [0.1, 0.15) is 17.7 Å². The first-order chi connectivity index (χ1) is 17.0. The number of nitrogens with one attached hydrogen (secondary N) is 2. The van der Waals surface area contributed by atoms with Crippen LogP contribution in [0.1, 0.15) is 62.4 Å². The summed E-state index contributed by atoms with van der Waals surface area (Å²) < 4.78 is 5.33. The van der Waals surface area contributed by atoms with Crippen LogP contribution in [0.25, 0.3) is 0 Å². The smallest absolute Gasteiger partial charge is 0.408 e. The highest BCUT2D eigenvalue weighted by molar-refractivity contribution is 7.80. The predicted molar refractivity (Wildman–Crippen MR) is 146 cm³/mol. The minimum atomic E-state index is -0.953. The van der Waals surface area contributed by atoms with Gasteiger partial charge in [0.25, 0.3) is 0 Å². The van der Waals surface area contributed by atoms with Gasteiger partial charge < -0.3 is 20.3 Å². The van der Waals surface area contributed by atoms with Crippen molar-refractivity contribution in [2.75, 3.05) is 12.3 Å². The maximum atomic E-state index is 13.7. The molecule has 2 rings (SSSR count). The van der Waals surface area contributed by atoms with E-state index in [1.54, 1.807) is 20.8 Å². The fourth-order valence-corrected chi connectivity index (χ4v) is 3.98. The molecular formula is C28H39N3O4S. The van der Waals surface area contributed by atoms with Crippen LogP contribution in [0.15, 0.2) is 48.5 Å². The Bertz CT molecular complexity index is 1040. The van der Waals surface area contributed by atoms with Crippen molar-refractivity contribution in [1.82, 2.24) is 15.5 Å². The molecule has 0 aliphatic rings. The maximum Gasteiger partial charge on any atom is 0.408 e. The Kier molecular flexibility index (Phi) is 10.8. The van der Waals surface area contributed by atoms with E-state index in [9.17, 15) is 14.4 Å². The Hall–Kier alpha value is -3.00. The van der Waals surface area contributed by atoms with Crippen LogP contribution < -0.4 is 10.6 Å². The first-order valence-electron chi connectivity index (χ1n) is 12.3. The van der Waals surface area contributed by atoms with E-state index in [0.717, 1.165) is 16.7 Å². The van der Waals surface area contributed by atoms with E-state index in [4.69, 9.17) is 4.74 Å². The summed E-state index contributed by atoms with van der Waals surface area (Å²) in [5, 5.41) is 5.62. The molecule has 2 atom stereocenters. The lowest BCUT2D eigenvalue weighted by Gasteiger charge is -2.34. The highest BCUT2D eigenvalue weighted by Crippen LogP contribution is 2.25. The Morgan fingerprint density at radius 1 is 1.03 bits per heavy atom. The number of aryl methyl sites for hydroxylation is 2. The number of amides is 3. The first-order valence-corrected chi connectivity index (χ1v) is 12.9. The highest BCUT2D eigenvalue weighted by Gasteiger charge is 2.35. The van der Waals surface area contributed by atoms with Gasteiger partial charge in [-0.25, -0.2) is 4.79 Å². The summed E-state index contributed by atoms with van der Waals surface area (Å²) in [4.78, 5) is 41.3. The van der Waals surface area contributed by atoms with Gasteiger partial charge in [-0.05, 0) is 63.3 Å². The van der Waals surface area contributed by atoms with Crippen molar-refractivity contribution >= 4 is 30.5 Å². The molecule has 0 saturated carbocycles. The number of hydrogen-bond acceptors (Lipinski definition) is 5. The third-order valence-corrected chi connectivity index (χ3v) is 6.00. The van der Waals surface area contributed by atoms with Gasteiger partial charge in [0.05, 0.1) is 0 Å². The number of hydrogen-bond donors (Lipinski definition) is 3. The molecule has 0 aliphatic carbocycles. The van der Waals surface area contributed by atoms with Crippen molar-refractivity contribution in [3.05, 3.63) is 70.8 Å². The van der Waals surface area contributed by atoms with Crippen LogP contribution in [0.4, 0.5) is 4.79 Å². The van der Waals surface area contributed by atoms with Crippen LogP contribution in [0, 0.1) is 13.8 Å². The Labute approximate surface area is 220 Å². The van der Waals surface area contributed by atoms with E-state index >= 15 is 0 Å². The number of nitrogens with zero attached hydrogens (tertiary/aromatic N) is 1. The number of thiol groups is 1. The van der Waals surface area contributed by atoms with E-state index in [-0.39, 0.29) is 11.7 Å². The topological polar surface area (TPSA) is 87.7 Å². The number of alkyl carbamates (subject to hydrolysis) is 1. The lowest BCUT2D eigenvalue weighted by molar-refractivity contribution is -0.142. The lowest BCUT2D eigenvalue weighted by atomic mass is 9.98. The number of benzene rings is 2. The number of carbonyl (C=O) groups excluding carboxylic acids is 3. The van der Waals surface area contributed by atoms with E-state index in [2.05, 4.69) is 23.3 Å². The van der Waals surface area contributed by atoms with Crippen LogP contribution in [-0.2, 0) is 20.9 Å². The summed E-state index contributed by atoms with van der Waals surface area (Å²) in [5.74, 6) is -0.626. The lowest BCUT2D eigenvalue weighted by Crippen LogP contribution is -2.54. The van der Waals surface area contributed by atoms with Gasteiger partial charge in [-0.2, -0.15) is 12.6 Å². The van der Waals surface area contributed by atoms with Crippen LogP contribution in [0.2, 0.25) is 0 Å². The minimum Gasteiger partial charge on any atom is -0.444 e. The average Bonchev–Trinajstić information content (AvgIpc) is 2.82. The summed E-state index contributed by atoms with van der Waals surface area (Å²) in [7, 11) is 0. The van der Waals surface area contributed by atoms with Gasteiger partial charge >= 0.3 is 6.09 Å². The molecule has 0 heterocycles. The van der Waals surface area contributed by atoms with Crippen molar-refractivity contribution in [3.63, 3.8) is 0 Å². The van der Waals surface area contributed by atoms with E-state index in [1.807, 2.05) is 69.3 Å². The molecule has 0 spiro atoms. The molecule has 0 aliphatic heterocycles. The molecule has 3 amide bonds. The molecule has 8 heteroatoms. The fraction of sp³-hybridized carbons (Fsp3) is 0.464. The fourth-order valence-electron chi connectivity index (χ4n) is 3.73. The van der Waals surface area contributed by atoms with Crippen molar-refractivity contribution in [1.29, 1.82) is 0 Å². The van der Waals surface area contributed by atoms with Gasteiger partial charge in [0, 0.05) is 18.8 Å². The summed E-state index contributed by atoms with van der Waals surface area (Å²) in [6, 6.07) is 13.5. The van der Waals surface area contributed by atoms with E-state index < -0.39 is 29.7 Å². The third-order valence-electron chi connectivity index (χ3n) is 5.64. The molecule has 7 nitrogen and oxygen atoms in total. The monoisotopic (exact) mass is 513 g/mol. The molecular weight excluding hydrogens is 474 g/mol. The summed E-state index contributed by atoms with van der Waals surface area (Å²) in [6.07, 6.45) is -0.0762. The Balaban J connectivity index is 2.39. The first kappa shape index (κ1) is 29.2.